The van der Waals surface area contributed by atoms with Crippen LogP contribution in [-0.4, -0.2) is 24.7 Å². The van der Waals surface area contributed by atoms with Gasteiger partial charge in [0.05, 0.1) is 5.54 Å². The average molecular weight is 401 g/mol. The molecule has 0 saturated carbocycles. The van der Waals surface area contributed by atoms with Crippen molar-refractivity contribution in [1.29, 1.82) is 0 Å². The Balaban J connectivity index is 2.22. The summed E-state index contributed by atoms with van der Waals surface area (Å²) in [6, 6.07) is 29.0. The van der Waals surface area contributed by atoms with Crippen LogP contribution in [-0.2, 0) is 15.1 Å². The third-order valence-corrected chi connectivity index (χ3v) is 5.12. The second-order valence-corrected chi connectivity index (χ2v) is 7.25. The van der Waals surface area contributed by atoms with Crippen molar-refractivity contribution >= 4 is 5.97 Å². The van der Waals surface area contributed by atoms with E-state index >= 15 is 0 Å². The molecule has 2 atom stereocenters. The molecule has 0 saturated heterocycles. The molecule has 3 N–H and O–H groups in total. The van der Waals surface area contributed by atoms with Crippen LogP contribution >= 0.6 is 0 Å². The zero-order valence-corrected chi connectivity index (χ0v) is 17.2. The first-order valence-electron chi connectivity index (χ1n) is 10.1. The maximum absolute atomic E-state index is 12.9. The van der Waals surface area contributed by atoms with Crippen molar-refractivity contribution in [2.75, 3.05) is 6.61 Å². The molecule has 0 bridgehead atoms. The zero-order chi connectivity index (χ0) is 21.4. The second-order valence-electron chi connectivity index (χ2n) is 7.25. The molecule has 154 valence electrons. The van der Waals surface area contributed by atoms with Gasteiger partial charge in [0.25, 0.3) is 0 Å². The summed E-state index contributed by atoms with van der Waals surface area (Å²) in [6.07, 6.45) is 1.55. The monoisotopic (exact) mass is 400 g/mol. The first-order valence-corrected chi connectivity index (χ1v) is 10.1. The maximum Gasteiger partial charge on any atom is 0.325 e. The minimum atomic E-state index is -0.796. The summed E-state index contributed by atoms with van der Waals surface area (Å²) in [4.78, 5) is 12.9. The Hall–Kier alpha value is -3.21. The number of hydrogen-bond donors (Lipinski definition) is 2. The predicted molar refractivity (Wildman–Crippen MR) is 121 cm³/mol. The van der Waals surface area contributed by atoms with Gasteiger partial charge in [0, 0.05) is 6.04 Å². The van der Waals surface area contributed by atoms with E-state index in [0.29, 0.717) is 0 Å². The van der Waals surface area contributed by atoms with Crippen molar-refractivity contribution in [3.63, 3.8) is 0 Å². The van der Waals surface area contributed by atoms with E-state index in [0.717, 1.165) is 16.7 Å². The van der Waals surface area contributed by atoms with Gasteiger partial charge in [-0.25, -0.2) is 0 Å². The second kappa shape index (κ2) is 10.0. The molecular formula is C26H28N2O2. The number of esters is 1. The third kappa shape index (κ3) is 4.51. The molecular weight excluding hydrogens is 372 g/mol. The van der Waals surface area contributed by atoms with E-state index in [9.17, 15) is 4.79 Å². The molecule has 0 heterocycles. The Labute approximate surface area is 178 Å². The molecule has 0 aliphatic rings. The minimum absolute atomic E-state index is 0.138. The number of carbonyl (C=O) groups is 1. The fourth-order valence-corrected chi connectivity index (χ4v) is 3.68. The molecule has 0 fully saturated rings. The van der Waals surface area contributed by atoms with E-state index in [1.54, 1.807) is 13.0 Å². The minimum Gasteiger partial charge on any atom is -0.460 e. The van der Waals surface area contributed by atoms with Crippen LogP contribution in [0.2, 0.25) is 0 Å². The average Bonchev–Trinajstić information content (AvgIpc) is 2.80. The molecule has 0 amide bonds. The van der Waals surface area contributed by atoms with Gasteiger partial charge in [0.15, 0.2) is 0 Å². The van der Waals surface area contributed by atoms with Crippen molar-refractivity contribution in [2.24, 2.45) is 5.73 Å². The summed E-state index contributed by atoms with van der Waals surface area (Å²) >= 11 is 0. The SMILES string of the molecule is C=CCOC(=O)C(NC(c1ccccc1)(c1ccccc1)c1ccccc1)C(C)N. The first-order chi connectivity index (χ1) is 14.6. The fourth-order valence-electron chi connectivity index (χ4n) is 3.68. The molecule has 30 heavy (non-hydrogen) atoms. The number of ether oxygens (including phenoxy) is 1. The smallest absolute Gasteiger partial charge is 0.325 e. The standard InChI is InChI=1S/C26H28N2O2/c1-3-19-30-25(29)24(20(2)27)28-26(21-13-7-4-8-14-21,22-15-9-5-10-16-22)23-17-11-6-12-18-23/h3-18,20,24,28H,1,19,27H2,2H3. The van der Waals surface area contributed by atoms with Gasteiger partial charge in [0.2, 0.25) is 0 Å². The number of carbonyl (C=O) groups excluding carboxylic acids is 1. The maximum atomic E-state index is 12.9. The lowest BCUT2D eigenvalue weighted by atomic mass is 9.76. The van der Waals surface area contributed by atoms with Crippen LogP contribution in [0.15, 0.2) is 104 Å². The molecule has 3 rings (SSSR count). The third-order valence-electron chi connectivity index (χ3n) is 5.12. The van der Waals surface area contributed by atoms with Gasteiger partial charge in [0.1, 0.15) is 12.6 Å². The van der Waals surface area contributed by atoms with E-state index in [4.69, 9.17) is 10.5 Å². The first kappa shape index (κ1) is 21.5. The molecule has 0 spiro atoms. The van der Waals surface area contributed by atoms with Crippen LogP contribution in [0.5, 0.6) is 0 Å². The van der Waals surface area contributed by atoms with Crippen LogP contribution in [0.25, 0.3) is 0 Å². The van der Waals surface area contributed by atoms with Crippen LogP contribution in [0.4, 0.5) is 0 Å². The van der Waals surface area contributed by atoms with Crippen LogP contribution in [0.1, 0.15) is 23.6 Å². The summed E-state index contributed by atoms with van der Waals surface area (Å²) in [5.41, 5.74) is 8.48. The van der Waals surface area contributed by atoms with Crippen LogP contribution in [0, 0.1) is 0 Å². The highest BCUT2D eigenvalue weighted by Gasteiger charge is 2.41. The molecule has 0 aromatic heterocycles. The number of nitrogens with two attached hydrogens (primary N) is 1. The van der Waals surface area contributed by atoms with E-state index in [1.807, 2.05) is 54.6 Å². The van der Waals surface area contributed by atoms with Crippen molar-refractivity contribution < 1.29 is 9.53 Å². The van der Waals surface area contributed by atoms with Gasteiger partial charge in [-0.05, 0) is 23.6 Å². The lowest BCUT2D eigenvalue weighted by Gasteiger charge is -2.40. The molecule has 4 heteroatoms. The van der Waals surface area contributed by atoms with E-state index in [-0.39, 0.29) is 6.61 Å². The Morgan fingerprint density at radius 1 is 0.933 bits per heavy atom. The lowest BCUT2D eigenvalue weighted by molar-refractivity contribution is -0.145. The van der Waals surface area contributed by atoms with Crippen LogP contribution < -0.4 is 11.1 Å². The zero-order valence-electron chi connectivity index (χ0n) is 17.2. The highest BCUT2D eigenvalue weighted by molar-refractivity contribution is 5.77. The van der Waals surface area contributed by atoms with Gasteiger partial charge in [-0.3, -0.25) is 10.1 Å². The van der Waals surface area contributed by atoms with Crippen molar-refractivity contribution in [2.45, 2.75) is 24.5 Å². The van der Waals surface area contributed by atoms with E-state index in [2.05, 4.69) is 48.3 Å². The molecule has 0 aliphatic carbocycles. The summed E-state index contributed by atoms with van der Waals surface area (Å²) in [6.45, 7) is 5.57. The normalized spacial score (nSPS) is 13.3. The highest BCUT2D eigenvalue weighted by atomic mass is 16.5. The topological polar surface area (TPSA) is 64.3 Å². The van der Waals surface area contributed by atoms with Gasteiger partial charge in [-0.1, -0.05) is 104 Å². The number of nitrogens with one attached hydrogen (secondary N) is 1. The van der Waals surface area contributed by atoms with Gasteiger partial charge >= 0.3 is 5.97 Å². The van der Waals surface area contributed by atoms with Gasteiger partial charge < -0.3 is 10.5 Å². The quantitative estimate of drug-likeness (QED) is 0.324. The summed E-state index contributed by atoms with van der Waals surface area (Å²) < 4.78 is 5.37. The Kier molecular flexibility index (Phi) is 7.17. The van der Waals surface area contributed by atoms with Crippen molar-refractivity contribution in [3.8, 4) is 0 Å². The molecule has 2 unspecified atom stereocenters. The van der Waals surface area contributed by atoms with Gasteiger partial charge in [-0.15, -0.1) is 0 Å². The molecule has 0 aliphatic heterocycles. The Morgan fingerprint density at radius 2 is 1.33 bits per heavy atom. The predicted octanol–water partition coefficient (Wildman–Crippen LogP) is 4.01. The highest BCUT2D eigenvalue weighted by Crippen LogP contribution is 2.37. The van der Waals surface area contributed by atoms with Crippen molar-refractivity contribution in [1.82, 2.24) is 5.32 Å². The largest absolute Gasteiger partial charge is 0.460 e. The summed E-state index contributed by atoms with van der Waals surface area (Å²) in [5.74, 6) is -0.405. The molecule has 3 aromatic rings. The summed E-state index contributed by atoms with van der Waals surface area (Å²) in [5, 5.41) is 3.59. The number of hydrogen-bond acceptors (Lipinski definition) is 4. The Morgan fingerprint density at radius 3 is 1.67 bits per heavy atom. The van der Waals surface area contributed by atoms with Crippen molar-refractivity contribution in [3.05, 3.63) is 120 Å². The molecule has 3 aromatic carbocycles. The lowest BCUT2D eigenvalue weighted by Crippen LogP contribution is -2.58. The van der Waals surface area contributed by atoms with Crippen LogP contribution in [0.3, 0.4) is 0 Å². The fraction of sp³-hybridized carbons (Fsp3) is 0.192. The number of benzene rings is 3. The van der Waals surface area contributed by atoms with E-state index < -0.39 is 23.6 Å². The number of rotatable bonds is 9. The molecule has 0 radical (unpaired) electrons. The van der Waals surface area contributed by atoms with Gasteiger partial charge in [-0.2, -0.15) is 0 Å². The summed E-state index contributed by atoms with van der Waals surface area (Å²) in [7, 11) is 0. The Bertz CT molecular complexity index is 844. The molecule has 4 nitrogen and oxygen atoms in total. The van der Waals surface area contributed by atoms with E-state index in [1.165, 1.54) is 0 Å².